The van der Waals surface area contributed by atoms with Crippen molar-refractivity contribution >= 4 is 0 Å². The summed E-state index contributed by atoms with van der Waals surface area (Å²) in [6, 6.07) is 7.79. The summed E-state index contributed by atoms with van der Waals surface area (Å²) in [5.74, 6) is 0.923. The SMILES string of the molecule is CCCCN(C1CC1)C1Cc2ccc(OC)cc2C1N. The topological polar surface area (TPSA) is 38.5 Å². The van der Waals surface area contributed by atoms with Crippen LogP contribution in [0, 0.1) is 0 Å². The summed E-state index contributed by atoms with van der Waals surface area (Å²) in [6.45, 7) is 3.46. The molecule has 0 saturated heterocycles. The summed E-state index contributed by atoms with van der Waals surface area (Å²) < 4.78 is 5.34. The summed E-state index contributed by atoms with van der Waals surface area (Å²) in [6.07, 6.45) is 6.34. The Hall–Kier alpha value is -1.06. The van der Waals surface area contributed by atoms with E-state index in [2.05, 4.69) is 30.0 Å². The van der Waals surface area contributed by atoms with Gasteiger partial charge in [0, 0.05) is 18.1 Å². The third-order valence-electron chi connectivity index (χ3n) is 4.77. The maximum atomic E-state index is 6.56. The Morgan fingerprint density at radius 1 is 1.35 bits per heavy atom. The van der Waals surface area contributed by atoms with Crippen molar-refractivity contribution in [2.75, 3.05) is 13.7 Å². The molecular formula is C17H26N2O. The van der Waals surface area contributed by atoms with Crippen molar-refractivity contribution < 1.29 is 4.74 Å². The molecule has 1 fully saturated rings. The second kappa shape index (κ2) is 5.74. The van der Waals surface area contributed by atoms with Crippen molar-refractivity contribution in [2.45, 2.75) is 57.2 Å². The summed E-state index contributed by atoms with van der Waals surface area (Å²) in [5.41, 5.74) is 9.25. The monoisotopic (exact) mass is 274 g/mol. The molecule has 110 valence electrons. The minimum absolute atomic E-state index is 0.137. The predicted molar refractivity (Wildman–Crippen MR) is 82.1 cm³/mol. The fraction of sp³-hybridized carbons (Fsp3) is 0.647. The van der Waals surface area contributed by atoms with Crippen molar-refractivity contribution in [3.05, 3.63) is 29.3 Å². The first-order valence-electron chi connectivity index (χ1n) is 7.92. The number of methoxy groups -OCH3 is 1. The first-order valence-corrected chi connectivity index (χ1v) is 7.92. The van der Waals surface area contributed by atoms with Crippen LogP contribution >= 0.6 is 0 Å². The molecule has 0 heterocycles. The number of hydrogen-bond acceptors (Lipinski definition) is 3. The van der Waals surface area contributed by atoms with E-state index in [1.807, 2.05) is 0 Å². The van der Waals surface area contributed by atoms with Crippen LogP contribution in [0.2, 0.25) is 0 Å². The van der Waals surface area contributed by atoms with Crippen LogP contribution in [0.3, 0.4) is 0 Å². The van der Waals surface area contributed by atoms with Crippen LogP contribution in [0.5, 0.6) is 5.75 Å². The van der Waals surface area contributed by atoms with Crippen molar-refractivity contribution in [3.8, 4) is 5.75 Å². The smallest absolute Gasteiger partial charge is 0.119 e. The van der Waals surface area contributed by atoms with Gasteiger partial charge in [-0.1, -0.05) is 19.4 Å². The van der Waals surface area contributed by atoms with Crippen LogP contribution in [0.1, 0.15) is 49.8 Å². The van der Waals surface area contributed by atoms with Gasteiger partial charge < -0.3 is 10.5 Å². The molecule has 2 atom stereocenters. The predicted octanol–water partition coefficient (Wildman–Crippen LogP) is 2.88. The molecule has 2 aliphatic carbocycles. The van der Waals surface area contributed by atoms with Crippen molar-refractivity contribution in [2.24, 2.45) is 5.73 Å². The number of nitrogens with two attached hydrogens (primary N) is 1. The second-order valence-electron chi connectivity index (χ2n) is 6.18. The highest BCUT2D eigenvalue weighted by molar-refractivity contribution is 5.42. The molecular weight excluding hydrogens is 248 g/mol. The Morgan fingerprint density at radius 3 is 2.80 bits per heavy atom. The van der Waals surface area contributed by atoms with Crippen molar-refractivity contribution in [3.63, 3.8) is 0 Å². The van der Waals surface area contributed by atoms with E-state index < -0.39 is 0 Å². The molecule has 3 nitrogen and oxygen atoms in total. The highest BCUT2D eigenvalue weighted by Crippen LogP contribution is 2.39. The Morgan fingerprint density at radius 2 is 2.15 bits per heavy atom. The maximum absolute atomic E-state index is 6.56. The van der Waals surface area contributed by atoms with Gasteiger partial charge in [0.25, 0.3) is 0 Å². The summed E-state index contributed by atoms with van der Waals surface area (Å²) in [5, 5.41) is 0. The number of fused-ring (bicyclic) bond motifs is 1. The van der Waals surface area contributed by atoms with Gasteiger partial charge in [0.1, 0.15) is 5.75 Å². The first kappa shape index (κ1) is 13.9. The standard InChI is InChI=1S/C17H26N2O/c1-3-4-9-19(13-6-7-13)16-10-12-5-8-14(20-2)11-15(12)17(16)18/h5,8,11,13,16-17H,3-4,6-7,9-10,18H2,1-2H3. The zero-order valence-electron chi connectivity index (χ0n) is 12.6. The lowest BCUT2D eigenvalue weighted by molar-refractivity contribution is 0.167. The second-order valence-corrected chi connectivity index (χ2v) is 6.18. The quantitative estimate of drug-likeness (QED) is 0.867. The molecule has 2 unspecified atom stereocenters. The Labute approximate surface area is 122 Å². The van der Waals surface area contributed by atoms with Crippen molar-refractivity contribution in [1.29, 1.82) is 0 Å². The number of unbranched alkanes of at least 4 members (excludes halogenated alkanes) is 1. The molecule has 1 aromatic carbocycles. The molecule has 0 aliphatic heterocycles. The summed E-state index contributed by atoms with van der Waals surface area (Å²) in [7, 11) is 1.72. The van der Waals surface area contributed by atoms with E-state index in [1.165, 1.54) is 43.4 Å². The Balaban J connectivity index is 1.78. The molecule has 2 aliphatic rings. The lowest BCUT2D eigenvalue weighted by Crippen LogP contribution is -2.43. The maximum Gasteiger partial charge on any atom is 0.119 e. The van der Waals surface area contributed by atoms with E-state index in [4.69, 9.17) is 10.5 Å². The van der Waals surface area contributed by atoms with Crippen LogP contribution in [0.25, 0.3) is 0 Å². The number of benzene rings is 1. The zero-order chi connectivity index (χ0) is 14.1. The van der Waals surface area contributed by atoms with E-state index in [0.717, 1.165) is 18.2 Å². The lowest BCUT2D eigenvalue weighted by Gasteiger charge is -2.32. The molecule has 0 radical (unpaired) electrons. The van der Waals surface area contributed by atoms with Crippen LogP contribution in [0.15, 0.2) is 18.2 Å². The van der Waals surface area contributed by atoms with Crippen LogP contribution < -0.4 is 10.5 Å². The van der Waals surface area contributed by atoms with Gasteiger partial charge in [0.05, 0.1) is 7.11 Å². The Bertz CT molecular complexity index is 470. The van der Waals surface area contributed by atoms with E-state index in [-0.39, 0.29) is 6.04 Å². The Kier molecular flexibility index (Phi) is 3.99. The molecule has 3 rings (SSSR count). The van der Waals surface area contributed by atoms with Gasteiger partial charge in [-0.25, -0.2) is 0 Å². The number of hydrogen-bond donors (Lipinski definition) is 1. The van der Waals surface area contributed by atoms with Crippen LogP contribution in [-0.2, 0) is 6.42 Å². The molecule has 20 heavy (non-hydrogen) atoms. The normalized spacial score (nSPS) is 25.0. The van der Waals surface area contributed by atoms with Crippen LogP contribution in [0.4, 0.5) is 0 Å². The van der Waals surface area contributed by atoms with E-state index in [0.29, 0.717) is 6.04 Å². The van der Waals surface area contributed by atoms with E-state index in [1.54, 1.807) is 7.11 Å². The fourth-order valence-electron chi connectivity index (χ4n) is 3.45. The highest BCUT2D eigenvalue weighted by Gasteiger charge is 2.40. The fourth-order valence-corrected chi connectivity index (χ4v) is 3.45. The average Bonchev–Trinajstić information content (AvgIpc) is 3.25. The number of rotatable bonds is 6. The first-order chi connectivity index (χ1) is 9.74. The number of nitrogens with zero attached hydrogens (tertiary/aromatic N) is 1. The third-order valence-corrected chi connectivity index (χ3v) is 4.77. The molecule has 0 spiro atoms. The average molecular weight is 274 g/mol. The summed E-state index contributed by atoms with van der Waals surface area (Å²) in [4.78, 5) is 2.68. The molecule has 0 aromatic heterocycles. The van der Waals surface area contributed by atoms with Gasteiger partial charge in [-0.3, -0.25) is 4.90 Å². The van der Waals surface area contributed by atoms with Gasteiger partial charge in [0.2, 0.25) is 0 Å². The van der Waals surface area contributed by atoms with Gasteiger partial charge in [-0.05, 0) is 55.5 Å². The lowest BCUT2D eigenvalue weighted by atomic mass is 10.1. The van der Waals surface area contributed by atoms with Gasteiger partial charge in [-0.2, -0.15) is 0 Å². The van der Waals surface area contributed by atoms with Crippen molar-refractivity contribution in [1.82, 2.24) is 4.90 Å². The summed E-state index contributed by atoms with van der Waals surface area (Å²) >= 11 is 0. The van der Waals surface area contributed by atoms with Crippen LogP contribution in [-0.4, -0.2) is 30.6 Å². The molecule has 1 aromatic rings. The molecule has 2 N–H and O–H groups in total. The molecule has 3 heteroatoms. The molecule has 0 amide bonds. The number of ether oxygens (including phenoxy) is 1. The third kappa shape index (κ3) is 2.57. The van der Waals surface area contributed by atoms with Gasteiger partial charge in [0.15, 0.2) is 0 Å². The molecule has 1 saturated carbocycles. The van der Waals surface area contributed by atoms with E-state index >= 15 is 0 Å². The van der Waals surface area contributed by atoms with Gasteiger partial charge in [-0.15, -0.1) is 0 Å². The minimum atomic E-state index is 0.137. The molecule has 0 bridgehead atoms. The van der Waals surface area contributed by atoms with Gasteiger partial charge >= 0.3 is 0 Å². The zero-order valence-corrected chi connectivity index (χ0v) is 12.6. The highest BCUT2D eigenvalue weighted by atomic mass is 16.5. The van der Waals surface area contributed by atoms with E-state index in [9.17, 15) is 0 Å². The minimum Gasteiger partial charge on any atom is -0.497 e. The largest absolute Gasteiger partial charge is 0.497 e.